The highest BCUT2D eigenvalue weighted by molar-refractivity contribution is 7.96. The lowest BCUT2D eigenvalue weighted by molar-refractivity contribution is -0.150. The normalized spacial score (nSPS) is 10.1. The zero-order chi connectivity index (χ0) is 11.7. The van der Waals surface area contributed by atoms with Crippen LogP contribution < -0.4 is 0 Å². The van der Waals surface area contributed by atoms with Gasteiger partial charge in [-0.05, 0) is 17.3 Å². The van der Waals surface area contributed by atoms with Crippen molar-refractivity contribution < 1.29 is 19.1 Å². The second kappa shape index (κ2) is 8.59. The third kappa shape index (κ3) is 9.59. The third-order valence-corrected chi connectivity index (χ3v) is 2.28. The number of esters is 2. The molecule has 0 heterocycles. The van der Waals surface area contributed by atoms with Gasteiger partial charge in [-0.15, -0.1) is 0 Å². The Morgan fingerprint density at radius 3 is 2.07 bits per heavy atom. The summed E-state index contributed by atoms with van der Waals surface area (Å²) in [7, 11) is 0.0548. The second-order valence-electron chi connectivity index (χ2n) is 3.32. The number of carbonyl (C=O) groups excluding carboxylic acids is 2. The van der Waals surface area contributed by atoms with Gasteiger partial charge in [0.05, 0.1) is 12.5 Å². The van der Waals surface area contributed by atoms with E-state index in [1.54, 1.807) is 0 Å². The van der Waals surface area contributed by atoms with Crippen molar-refractivity contribution in [3.63, 3.8) is 0 Å². The molecule has 0 radical (unpaired) electrons. The van der Waals surface area contributed by atoms with Gasteiger partial charge in [0, 0.05) is 6.42 Å². The van der Waals surface area contributed by atoms with E-state index in [2.05, 4.69) is 0 Å². The molecule has 0 aromatic rings. The van der Waals surface area contributed by atoms with E-state index in [0.717, 1.165) is 6.42 Å². The summed E-state index contributed by atoms with van der Waals surface area (Å²) in [4.78, 5) is 22.0. The van der Waals surface area contributed by atoms with Crippen molar-refractivity contribution in [1.29, 1.82) is 0 Å². The van der Waals surface area contributed by atoms with E-state index >= 15 is 0 Å². The van der Waals surface area contributed by atoms with E-state index in [1.807, 2.05) is 19.4 Å². The largest absolute Gasteiger partial charge is 0.462 e. The summed E-state index contributed by atoms with van der Waals surface area (Å²) in [6.07, 6.45) is 5.14. The molecule has 5 heteroatoms. The van der Waals surface area contributed by atoms with E-state index in [4.69, 9.17) is 9.47 Å². The van der Waals surface area contributed by atoms with Gasteiger partial charge >= 0.3 is 11.9 Å². The molecule has 0 saturated carbocycles. The highest BCUT2D eigenvalue weighted by atomic mass is 32.2. The summed E-state index contributed by atoms with van der Waals surface area (Å²) in [5, 5.41) is 0. The molecule has 0 N–H and O–H groups in total. The third-order valence-electron chi connectivity index (χ3n) is 1.47. The monoisotopic (exact) mass is 235 g/mol. The van der Waals surface area contributed by atoms with Crippen LogP contribution in [0.15, 0.2) is 0 Å². The van der Waals surface area contributed by atoms with Gasteiger partial charge in [0.25, 0.3) is 0 Å². The van der Waals surface area contributed by atoms with Crippen molar-refractivity contribution in [1.82, 2.24) is 0 Å². The van der Waals surface area contributed by atoms with Gasteiger partial charge in [-0.1, -0.05) is 6.92 Å². The van der Waals surface area contributed by atoms with E-state index < -0.39 is 0 Å². The van der Waals surface area contributed by atoms with Gasteiger partial charge in [0.1, 0.15) is 13.2 Å². The number of rotatable bonds is 7. The molecule has 0 saturated heterocycles. The molecular formula is C10H19O4S+. The summed E-state index contributed by atoms with van der Waals surface area (Å²) < 4.78 is 9.70. The van der Waals surface area contributed by atoms with Gasteiger partial charge in [-0.25, -0.2) is 4.79 Å². The van der Waals surface area contributed by atoms with Gasteiger partial charge < -0.3 is 9.47 Å². The molecule has 0 aromatic heterocycles. The quantitative estimate of drug-likeness (QED) is 0.371. The van der Waals surface area contributed by atoms with Gasteiger partial charge in [-0.3, -0.25) is 4.79 Å². The summed E-state index contributed by atoms with van der Waals surface area (Å²) in [6.45, 7) is 2.22. The van der Waals surface area contributed by atoms with Crippen LogP contribution in [0.3, 0.4) is 0 Å². The van der Waals surface area contributed by atoms with Crippen LogP contribution >= 0.6 is 0 Å². The molecule has 0 aliphatic carbocycles. The van der Waals surface area contributed by atoms with Crippen LogP contribution in [0.1, 0.15) is 19.8 Å². The molecule has 0 rings (SSSR count). The van der Waals surface area contributed by atoms with Crippen LogP contribution in [0.2, 0.25) is 0 Å². The Labute approximate surface area is 93.7 Å². The average Bonchev–Trinajstić information content (AvgIpc) is 2.12. The standard InChI is InChI=1S/C10H19O4S/c1-4-5-9(11)13-6-7-14-10(12)8-15(2)3/h4-8H2,1-3H3/q+1. The Morgan fingerprint density at radius 1 is 1.07 bits per heavy atom. The molecule has 88 valence electrons. The Balaban J connectivity index is 3.38. The second-order valence-corrected chi connectivity index (χ2v) is 5.58. The lowest BCUT2D eigenvalue weighted by Crippen LogP contribution is -2.19. The fourth-order valence-electron chi connectivity index (χ4n) is 0.865. The zero-order valence-corrected chi connectivity index (χ0v) is 10.4. The van der Waals surface area contributed by atoms with Crippen molar-refractivity contribution in [3.05, 3.63) is 0 Å². The molecule has 4 nitrogen and oxygen atoms in total. The van der Waals surface area contributed by atoms with E-state index in [1.165, 1.54) is 0 Å². The molecule has 0 atom stereocenters. The van der Waals surface area contributed by atoms with Gasteiger partial charge in [0.15, 0.2) is 0 Å². The molecule has 0 aliphatic heterocycles. The van der Waals surface area contributed by atoms with E-state index in [9.17, 15) is 9.59 Å². The van der Waals surface area contributed by atoms with Crippen LogP contribution in [-0.4, -0.2) is 43.4 Å². The molecule has 0 spiro atoms. The first kappa shape index (κ1) is 14.3. The van der Waals surface area contributed by atoms with Gasteiger partial charge in [0.2, 0.25) is 5.75 Å². The molecule has 0 aliphatic rings. The first-order valence-corrected chi connectivity index (χ1v) is 7.12. The Morgan fingerprint density at radius 2 is 1.60 bits per heavy atom. The van der Waals surface area contributed by atoms with Crippen LogP contribution in [-0.2, 0) is 30.0 Å². The highest BCUT2D eigenvalue weighted by Gasteiger charge is 2.12. The van der Waals surface area contributed by atoms with Crippen LogP contribution in [0.5, 0.6) is 0 Å². The van der Waals surface area contributed by atoms with Crippen LogP contribution in [0.25, 0.3) is 0 Å². The van der Waals surface area contributed by atoms with E-state index in [0.29, 0.717) is 12.2 Å². The zero-order valence-electron chi connectivity index (χ0n) is 9.58. The fourth-order valence-corrected chi connectivity index (χ4v) is 1.42. The van der Waals surface area contributed by atoms with Crippen molar-refractivity contribution in [2.24, 2.45) is 0 Å². The van der Waals surface area contributed by atoms with Crippen molar-refractivity contribution in [2.45, 2.75) is 19.8 Å². The van der Waals surface area contributed by atoms with Crippen molar-refractivity contribution in [2.75, 3.05) is 31.5 Å². The number of ether oxygens (including phenoxy) is 2. The van der Waals surface area contributed by atoms with E-state index in [-0.39, 0.29) is 36.0 Å². The maximum atomic E-state index is 11.1. The topological polar surface area (TPSA) is 52.6 Å². The predicted octanol–water partition coefficient (Wildman–Crippen LogP) is 0.751. The summed E-state index contributed by atoms with van der Waals surface area (Å²) >= 11 is 0. The predicted molar refractivity (Wildman–Crippen MR) is 60.9 cm³/mol. The Bertz CT molecular complexity index is 204. The molecule has 0 fully saturated rings. The molecular weight excluding hydrogens is 216 g/mol. The number of hydrogen-bond donors (Lipinski definition) is 0. The van der Waals surface area contributed by atoms with Crippen molar-refractivity contribution >= 4 is 22.8 Å². The molecule has 0 unspecified atom stereocenters. The number of hydrogen-bond acceptors (Lipinski definition) is 4. The maximum Gasteiger partial charge on any atom is 0.356 e. The number of carbonyl (C=O) groups is 2. The van der Waals surface area contributed by atoms with Crippen LogP contribution in [0, 0.1) is 0 Å². The average molecular weight is 235 g/mol. The highest BCUT2D eigenvalue weighted by Crippen LogP contribution is 1.92. The smallest absolute Gasteiger partial charge is 0.356 e. The molecule has 15 heavy (non-hydrogen) atoms. The van der Waals surface area contributed by atoms with Crippen molar-refractivity contribution in [3.8, 4) is 0 Å². The fraction of sp³-hybridized carbons (Fsp3) is 0.800. The first-order chi connectivity index (χ1) is 7.06. The summed E-state index contributed by atoms with van der Waals surface area (Å²) in [6, 6.07) is 0. The molecule has 0 amide bonds. The van der Waals surface area contributed by atoms with Gasteiger partial charge in [-0.2, -0.15) is 0 Å². The molecule has 0 aromatic carbocycles. The maximum absolute atomic E-state index is 11.1. The Hall–Kier alpha value is -0.710. The molecule has 0 bridgehead atoms. The minimum Gasteiger partial charge on any atom is -0.462 e. The minimum absolute atomic E-state index is 0.0548. The summed E-state index contributed by atoms with van der Waals surface area (Å²) in [5.74, 6) is -0.0303. The SMILES string of the molecule is CCCC(=O)OCCOC(=O)C[S+](C)C. The minimum atomic E-state index is -0.237. The Kier molecular flexibility index (Phi) is 8.18. The first-order valence-electron chi connectivity index (χ1n) is 4.91. The van der Waals surface area contributed by atoms with Crippen LogP contribution in [0.4, 0.5) is 0 Å². The lowest BCUT2D eigenvalue weighted by Gasteiger charge is -2.04. The summed E-state index contributed by atoms with van der Waals surface area (Å²) in [5.41, 5.74) is 0. The lowest BCUT2D eigenvalue weighted by atomic mass is 10.3.